The van der Waals surface area contributed by atoms with Crippen molar-refractivity contribution in [1.82, 2.24) is 4.90 Å². The van der Waals surface area contributed by atoms with Gasteiger partial charge in [0, 0.05) is 23.7 Å². The minimum absolute atomic E-state index is 0.0230. The van der Waals surface area contributed by atoms with Crippen LogP contribution in [0.5, 0.6) is 0 Å². The molecule has 4 rings (SSSR count). The molecule has 2 amide bonds. The van der Waals surface area contributed by atoms with E-state index in [0.29, 0.717) is 29.6 Å². The Morgan fingerprint density at radius 1 is 1.15 bits per heavy atom. The molecule has 1 heterocycles. The molecule has 0 radical (unpaired) electrons. The number of nitrogens with one attached hydrogen (secondary N) is 1. The number of likely N-dealkylation sites (tertiary alicyclic amines) is 1. The lowest BCUT2D eigenvalue weighted by Gasteiger charge is -2.24. The zero-order chi connectivity index (χ0) is 18.4. The van der Waals surface area contributed by atoms with Crippen LogP contribution in [0.1, 0.15) is 43.0 Å². The van der Waals surface area contributed by atoms with E-state index in [1.807, 2.05) is 0 Å². The number of aliphatic carboxylic acids is 1. The smallest absolute Gasteiger partial charge is 0.326 e. The quantitative estimate of drug-likeness (QED) is 0.868. The number of fused-ring (bicyclic) bond motifs is 1. The molecule has 1 aromatic rings. The Hall–Kier alpha value is -2.37. The summed E-state index contributed by atoms with van der Waals surface area (Å²) in [5.41, 5.74) is 1.13. The molecule has 1 aliphatic heterocycles. The molecule has 2 N–H and O–H groups in total. The monoisotopic (exact) mass is 356 g/mol. The van der Waals surface area contributed by atoms with Crippen LogP contribution in [0.25, 0.3) is 0 Å². The number of benzene rings is 1. The third kappa shape index (κ3) is 2.97. The number of hydrogen-bond donors (Lipinski definition) is 2. The van der Waals surface area contributed by atoms with Crippen LogP contribution < -0.4 is 5.32 Å². The normalized spacial score (nSPS) is 32.2. The minimum Gasteiger partial charge on any atom is -0.480 e. The number of nitrogens with zero attached hydrogens (tertiary/aromatic N) is 1. The fourth-order valence-corrected chi connectivity index (χ4v) is 4.62. The van der Waals surface area contributed by atoms with Gasteiger partial charge in [0.2, 0.25) is 5.91 Å². The van der Waals surface area contributed by atoms with Gasteiger partial charge in [0.25, 0.3) is 5.91 Å². The third-order valence-corrected chi connectivity index (χ3v) is 6.25. The van der Waals surface area contributed by atoms with Gasteiger partial charge in [-0.2, -0.15) is 0 Å². The standard InChI is InChI=1S/C20H24N2O4/c1-11-9-16(11)18(23)21-14-7-5-12(6-8-14)19(24)22-10-13-3-2-4-15(13)17(22)20(25)26/h5-8,11,13,15-17H,2-4,9-10H2,1H3,(H,21,23)(H,25,26). The van der Waals surface area contributed by atoms with Crippen molar-refractivity contribution >= 4 is 23.5 Å². The Kier molecular flexibility index (Phi) is 4.21. The highest BCUT2D eigenvalue weighted by molar-refractivity contribution is 5.98. The van der Waals surface area contributed by atoms with E-state index in [4.69, 9.17) is 0 Å². The molecule has 2 saturated carbocycles. The van der Waals surface area contributed by atoms with Crippen LogP contribution in [0.2, 0.25) is 0 Å². The maximum Gasteiger partial charge on any atom is 0.326 e. The Morgan fingerprint density at radius 3 is 2.46 bits per heavy atom. The van der Waals surface area contributed by atoms with Gasteiger partial charge < -0.3 is 15.3 Å². The molecule has 1 saturated heterocycles. The van der Waals surface area contributed by atoms with Gasteiger partial charge in [0.1, 0.15) is 6.04 Å². The largest absolute Gasteiger partial charge is 0.480 e. The van der Waals surface area contributed by atoms with Crippen molar-refractivity contribution < 1.29 is 19.5 Å². The highest BCUT2D eigenvalue weighted by atomic mass is 16.4. The van der Waals surface area contributed by atoms with E-state index in [0.717, 1.165) is 25.7 Å². The summed E-state index contributed by atoms with van der Waals surface area (Å²) in [6.45, 7) is 2.58. The number of carboxylic acid groups (broad SMARTS) is 1. The summed E-state index contributed by atoms with van der Waals surface area (Å²) in [5, 5.41) is 12.5. The molecule has 6 nitrogen and oxygen atoms in total. The van der Waals surface area contributed by atoms with Crippen LogP contribution in [0, 0.1) is 23.7 Å². The number of anilines is 1. The van der Waals surface area contributed by atoms with Crippen molar-refractivity contribution in [2.24, 2.45) is 23.7 Å². The molecule has 2 aliphatic carbocycles. The number of carboxylic acids is 1. The van der Waals surface area contributed by atoms with Crippen molar-refractivity contribution in [3.63, 3.8) is 0 Å². The summed E-state index contributed by atoms with van der Waals surface area (Å²) in [6, 6.07) is 6.05. The van der Waals surface area contributed by atoms with Gasteiger partial charge in [-0.25, -0.2) is 4.79 Å². The molecule has 5 atom stereocenters. The molecule has 138 valence electrons. The van der Waals surface area contributed by atoms with Crippen LogP contribution in [0.15, 0.2) is 24.3 Å². The SMILES string of the molecule is CC1CC1C(=O)Nc1ccc(C(=O)N2CC3CCCC3C2C(=O)O)cc1. The van der Waals surface area contributed by atoms with Gasteiger partial charge in [0.05, 0.1) is 0 Å². The first-order chi connectivity index (χ1) is 12.5. The number of rotatable bonds is 4. The zero-order valence-corrected chi connectivity index (χ0v) is 14.9. The average molecular weight is 356 g/mol. The predicted molar refractivity (Wildman–Crippen MR) is 95.6 cm³/mol. The van der Waals surface area contributed by atoms with E-state index in [1.54, 1.807) is 24.3 Å². The Balaban J connectivity index is 1.46. The second kappa shape index (κ2) is 6.41. The summed E-state index contributed by atoms with van der Waals surface area (Å²) in [4.78, 5) is 38.1. The fourth-order valence-electron chi connectivity index (χ4n) is 4.62. The first kappa shape index (κ1) is 17.1. The zero-order valence-electron chi connectivity index (χ0n) is 14.9. The number of carbonyl (C=O) groups excluding carboxylic acids is 2. The van der Waals surface area contributed by atoms with Crippen LogP contribution in [-0.4, -0.2) is 40.4 Å². The van der Waals surface area contributed by atoms with Gasteiger partial charge in [-0.3, -0.25) is 9.59 Å². The molecule has 0 bridgehead atoms. The van der Waals surface area contributed by atoms with Gasteiger partial charge in [-0.15, -0.1) is 0 Å². The topological polar surface area (TPSA) is 86.7 Å². The van der Waals surface area contributed by atoms with Gasteiger partial charge >= 0.3 is 5.97 Å². The Bertz CT molecular complexity index is 745. The second-order valence-electron chi connectivity index (χ2n) is 7.98. The molecule has 6 heteroatoms. The molecular weight excluding hydrogens is 332 g/mol. The summed E-state index contributed by atoms with van der Waals surface area (Å²) in [5.74, 6) is -0.199. The Labute approximate surface area is 152 Å². The molecule has 1 aromatic carbocycles. The van der Waals surface area contributed by atoms with E-state index >= 15 is 0 Å². The van der Waals surface area contributed by atoms with Gasteiger partial charge in [0.15, 0.2) is 0 Å². The average Bonchev–Trinajstić information content (AvgIpc) is 3.02. The van der Waals surface area contributed by atoms with Gasteiger partial charge in [-0.05, 0) is 61.3 Å². The number of amides is 2. The summed E-state index contributed by atoms with van der Waals surface area (Å²) >= 11 is 0. The lowest BCUT2D eigenvalue weighted by molar-refractivity contribution is -0.142. The van der Waals surface area contributed by atoms with Gasteiger partial charge in [-0.1, -0.05) is 13.3 Å². The van der Waals surface area contributed by atoms with Crippen LogP contribution in [0.4, 0.5) is 5.69 Å². The van der Waals surface area contributed by atoms with E-state index < -0.39 is 12.0 Å². The number of hydrogen-bond acceptors (Lipinski definition) is 3. The first-order valence-corrected chi connectivity index (χ1v) is 9.40. The molecular formula is C20H24N2O4. The number of carbonyl (C=O) groups is 3. The summed E-state index contributed by atoms with van der Waals surface area (Å²) in [6.07, 6.45) is 3.87. The molecule has 3 aliphatic rings. The van der Waals surface area contributed by atoms with E-state index in [9.17, 15) is 19.5 Å². The lowest BCUT2D eigenvalue weighted by Crippen LogP contribution is -2.43. The summed E-state index contributed by atoms with van der Waals surface area (Å²) in [7, 11) is 0. The fraction of sp³-hybridized carbons (Fsp3) is 0.550. The molecule has 0 aromatic heterocycles. The van der Waals surface area contributed by atoms with E-state index in [-0.39, 0.29) is 23.7 Å². The molecule has 3 fully saturated rings. The lowest BCUT2D eigenvalue weighted by atomic mass is 9.94. The predicted octanol–water partition coefficient (Wildman–Crippen LogP) is 2.61. The second-order valence-corrected chi connectivity index (χ2v) is 7.98. The van der Waals surface area contributed by atoms with Crippen molar-refractivity contribution in [3.05, 3.63) is 29.8 Å². The van der Waals surface area contributed by atoms with Crippen molar-refractivity contribution in [3.8, 4) is 0 Å². The molecule has 5 unspecified atom stereocenters. The minimum atomic E-state index is -0.907. The highest BCUT2D eigenvalue weighted by Gasteiger charge is 2.49. The third-order valence-electron chi connectivity index (χ3n) is 6.25. The highest BCUT2D eigenvalue weighted by Crippen LogP contribution is 2.43. The maximum atomic E-state index is 12.9. The van der Waals surface area contributed by atoms with Crippen LogP contribution in [-0.2, 0) is 9.59 Å². The Morgan fingerprint density at radius 2 is 1.85 bits per heavy atom. The van der Waals surface area contributed by atoms with Crippen molar-refractivity contribution in [2.45, 2.75) is 38.6 Å². The maximum absolute atomic E-state index is 12.9. The van der Waals surface area contributed by atoms with Crippen molar-refractivity contribution in [1.29, 1.82) is 0 Å². The van der Waals surface area contributed by atoms with E-state index in [1.165, 1.54) is 4.90 Å². The molecule has 26 heavy (non-hydrogen) atoms. The first-order valence-electron chi connectivity index (χ1n) is 9.40. The van der Waals surface area contributed by atoms with Crippen LogP contribution >= 0.6 is 0 Å². The van der Waals surface area contributed by atoms with E-state index in [2.05, 4.69) is 12.2 Å². The molecule has 0 spiro atoms. The van der Waals surface area contributed by atoms with Crippen molar-refractivity contribution in [2.75, 3.05) is 11.9 Å². The summed E-state index contributed by atoms with van der Waals surface area (Å²) < 4.78 is 0. The van der Waals surface area contributed by atoms with Crippen LogP contribution in [0.3, 0.4) is 0 Å².